The average Bonchev–Trinajstić information content (AvgIpc) is 2.40. The summed E-state index contributed by atoms with van der Waals surface area (Å²) in [4.78, 5) is 0.242. The van der Waals surface area contributed by atoms with Crippen LogP contribution >= 0.6 is 0 Å². The Morgan fingerprint density at radius 1 is 0.950 bits per heavy atom. The number of benzene rings is 2. The number of rotatable bonds is 3. The molecule has 20 heavy (non-hydrogen) atoms. The van der Waals surface area contributed by atoms with Crippen LogP contribution in [0.15, 0.2) is 48.5 Å². The smallest absolute Gasteiger partial charge is 0.253 e. The van der Waals surface area contributed by atoms with Crippen molar-refractivity contribution in [1.29, 1.82) is 0 Å². The van der Waals surface area contributed by atoms with E-state index in [1.807, 2.05) is 6.92 Å². The van der Waals surface area contributed by atoms with Gasteiger partial charge in [0.1, 0.15) is 5.82 Å². The number of hydrogen-bond acceptors (Lipinski definition) is 1. The van der Waals surface area contributed by atoms with Crippen LogP contribution in [-0.2, 0) is 6.42 Å². The Labute approximate surface area is 114 Å². The summed E-state index contributed by atoms with van der Waals surface area (Å²) < 4.78 is 52.6. The molecule has 2 rings (SSSR count). The molecule has 0 radical (unpaired) electrons. The Bertz CT molecular complexity index is 575. The van der Waals surface area contributed by atoms with Crippen molar-refractivity contribution < 1.29 is 17.6 Å². The summed E-state index contributed by atoms with van der Waals surface area (Å²) >= 11 is 0. The number of aryl methyl sites for hydroxylation is 1. The van der Waals surface area contributed by atoms with Gasteiger partial charge in [0, 0.05) is 11.4 Å². The monoisotopic (exact) mass is 283 g/mol. The number of hydrogen-bond donors (Lipinski definition) is 0. The van der Waals surface area contributed by atoms with Crippen LogP contribution < -0.4 is 4.90 Å². The standard InChI is InChI=1S/C15H13F4N/c1-2-11-4-3-5-14(10-11)20(15(17,18)19)13-8-6-12(16)7-9-13/h3-10H,2H2,1H3. The fourth-order valence-electron chi connectivity index (χ4n) is 1.95. The van der Waals surface area contributed by atoms with Gasteiger partial charge in [-0.25, -0.2) is 4.39 Å². The lowest BCUT2D eigenvalue weighted by Crippen LogP contribution is -2.33. The lowest BCUT2D eigenvalue weighted by molar-refractivity contribution is -0.120. The first-order valence-corrected chi connectivity index (χ1v) is 6.13. The lowest BCUT2D eigenvalue weighted by atomic mass is 10.1. The molecule has 0 aromatic heterocycles. The van der Waals surface area contributed by atoms with Crippen molar-refractivity contribution in [3.63, 3.8) is 0 Å². The van der Waals surface area contributed by atoms with Crippen molar-refractivity contribution in [2.24, 2.45) is 0 Å². The van der Waals surface area contributed by atoms with Crippen LogP contribution in [0.1, 0.15) is 12.5 Å². The zero-order chi connectivity index (χ0) is 14.8. The molecule has 0 spiro atoms. The molecule has 0 aliphatic rings. The van der Waals surface area contributed by atoms with Crippen molar-refractivity contribution >= 4 is 11.4 Å². The van der Waals surface area contributed by atoms with Crippen LogP contribution in [0.4, 0.5) is 28.9 Å². The summed E-state index contributed by atoms with van der Waals surface area (Å²) in [7, 11) is 0. The minimum absolute atomic E-state index is 0.0171. The highest BCUT2D eigenvalue weighted by Crippen LogP contribution is 2.36. The first-order chi connectivity index (χ1) is 9.41. The predicted octanol–water partition coefficient (Wildman–Crippen LogP) is 5.05. The predicted molar refractivity (Wildman–Crippen MR) is 70.4 cm³/mol. The van der Waals surface area contributed by atoms with Crippen LogP contribution in [0.25, 0.3) is 0 Å². The second-order valence-corrected chi connectivity index (χ2v) is 4.30. The molecule has 0 bridgehead atoms. The Kier molecular flexibility index (Phi) is 3.97. The van der Waals surface area contributed by atoms with Crippen molar-refractivity contribution in [3.05, 3.63) is 59.9 Å². The third kappa shape index (κ3) is 3.10. The van der Waals surface area contributed by atoms with Crippen molar-refractivity contribution in [2.45, 2.75) is 19.6 Å². The maximum Gasteiger partial charge on any atom is 0.489 e. The van der Waals surface area contributed by atoms with Gasteiger partial charge in [-0.3, -0.25) is 4.90 Å². The van der Waals surface area contributed by atoms with Crippen molar-refractivity contribution in [2.75, 3.05) is 4.90 Å². The Hall–Kier alpha value is -2.04. The molecule has 0 saturated heterocycles. The SMILES string of the molecule is CCc1cccc(N(c2ccc(F)cc2)C(F)(F)F)c1. The summed E-state index contributed by atoms with van der Waals surface area (Å²) in [6.07, 6.45) is -3.94. The molecule has 0 N–H and O–H groups in total. The van der Waals surface area contributed by atoms with Gasteiger partial charge in [-0.2, -0.15) is 0 Å². The normalized spacial score (nSPS) is 11.4. The Balaban J connectivity index is 2.50. The number of nitrogens with zero attached hydrogens (tertiary/aromatic N) is 1. The molecular formula is C15H13F4N. The van der Waals surface area contributed by atoms with E-state index in [9.17, 15) is 17.6 Å². The highest BCUT2D eigenvalue weighted by molar-refractivity contribution is 5.64. The summed E-state index contributed by atoms with van der Waals surface area (Å²) in [5, 5.41) is 0. The minimum Gasteiger partial charge on any atom is -0.253 e. The highest BCUT2D eigenvalue weighted by atomic mass is 19.4. The molecule has 0 aliphatic carbocycles. The molecule has 0 unspecified atom stereocenters. The van der Waals surface area contributed by atoms with E-state index in [-0.39, 0.29) is 16.3 Å². The third-order valence-corrected chi connectivity index (χ3v) is 2.92. The van der Waals surface area contributed by atoms with Crippen molar-refractivity contribution in [1.82, 2.24) is 0 Å². The average molecular weight is 283 g/mol. The number of halogens is 4. The molecule has 0 atom stereocenters. The van der Waals surface area contributed by atoms with E-state index in [0.717, 1.165) is 29.8 Å². The van der Waals surface area contributed by atoms with E-state index in [2.05, 4.69) is 0 Å². The van der Waals surface area contributed by atoms with Gasteiger partial charge in [0.2, 0.25) is 0 Å². The summed E-state index contributed by atoms with van der Waals surface area (Å²) in [5.74, 6) is -0.571. The van der Waals surface area contributed by atoms with Crippen molar-refractivity contribution in [3.8, 4) is 0 Å². The van der Waals surface area contributed by atoms with Gasteiger partial charge in [0.15, 0.2) is 0 Å². The molecule has 0 fully saturated rings. The fourth-order valence-corrected chi connectivity index (χ4v) is 1.95. The lowest BCUT2D eigenvalue weighted by Gasteiger charge is -2.27. The maximum atomic E-state index is 13.3. The molecular weight excluding hydrogens is 270 g/mol. The minimum atomic E-state index is -4.58. The first-order valence-electron chi connectivity index (χ1n) is 6.13. The largest absolute Gasteiger partial charge is 0.489 e. The first kappa shape index (κ1) is 14.4. The molecule has 0 saturated carbocycles. The molecule has 1 nitrogen and oxygen atoms in total. The van der Waals surface area contributed by atoms with Crippen LogP contribution in [0.3, 0.4) is 0 Å². The summed E-state index contributed by atoms with van der Waals surface area (Å²) in [6.45, 7) is 1.87. The molecule has 0 heterocycles. The van der Waals surface area contributed by atoms with Gasteiger partial charge in [0.25, 0.3) is 0 Å². The topological polar surface area (TPSA) is 3.24 Å². The van der Waals surface area contributed by atoms with Gasteiger partial charge in [-0.15, -0.1) is 13.2 Å². The van der Waals surface area contributed by atoms with Gasteiger partial charge in [-0.05, 0) is 48.4 Å². The van der Waals surface area contributed by atoms with E-state index in [4.69, 9.17) is 0 Å². The molecule has 5 heteroatoms. The quantitative estimate of drug-likeness (QED) is 0.563. The van der Waals surface area contributed by atoms with E-state index in [1.165, 1.54) is 12.1 Å². The maximum absolute atomic E-state index is 13.3. The zero-order valence-electron chi connectivity index (χ0n) is 10.8. The van der Waals surface area contributed by atoms with Crippen LogP contribution in [0.2, 0.25) is 0 Å². The molecule has 0 amide bonds. The number of anilines is 2. The molecule has 2 aromatic rings. The van der Waals surface area contributed by atoms with Gasteiger partial charge >= 0.3 is 6.30 Å². The Morgan fingerprint density at radius 2 is 1.60 bits per heavy atom. The van der Waals surface area contributed by atoms with E-state index >= 15 is 0 Å². The van der Waals surface area contributed by atoms with Crippen LogP contribution in [0.5, 0.6) is 0 Å². The third-order valence-electron chi connectivity index (χ3n) is 2.92. The van der Waals surface area contributed by atoms with E-state index in [0.29, 0.717) is 6.42 Å². The summed E-state index contributed by atoms with van der Waals surface area (Å²) in [5.41, 5.74) is 0.703. The molecule has 106 valence electrons. The highest BCUT2D eigenvalue weighted by Gasteiger charge is 2.38. The van der Waals surface area contributed by atoms with Gasteiger partial charge in [0.05, 0.1) is 0 Å². The van der Waals surface area contributed by atoms with Crippen LogP contribution in [0, 0.1) is 5.82 Å². The summed E-state index contributed by atoms with van der Waals surface area (Å²) in [6, 6.07) is 10.5. The second kappa shape index (κ2) is 5.53. The molecule has 2 aromatic carbocycles. The number of alkyl halides is 3. The van der Waals surface area contributed by atoms with E-state index < -0.39 is 12.1 Å². The Morgan fingerprint density at radius 3 is 2.15 bits per heavy atom. The fraction of sp³-hybridized carbons (Fsp3) is 0.200. The van der Waals surface area contributed by atoms with Gasteiger partial charge in [-0.1, -0.05) is 19.1 Å². The zero-order valence-corrected chi connectivity index (χ0v) is 10.8. The van der Waals surface area contributed by atoms with Crippen LogP contribution in [-0.4, -0.2) is 6.30 Å². The van der Waals surface area contributed by atoms with Gasteiger partial charge < -0.3 is 0 Å². The second-order valence-electron chi connectivity index (χ2n) is 4.30. The molecule has 0 aliphatic heterocycles. The van der Waals surface area contributed by atoms with E-state index in [1.54, 1.807) is 12.1 Å².